The molecule has 9 heavy (non-hydrogen) atoms. The fraction of sp³-hybridized carbons (Fsp3) is 0. The molecule has 0 aliphatic carbocycles. The molecule has 1 aromatic rings. The molecule has 0 aliphatic heterocycles. The number of rotatable bonds is 1. The maximum absolute atomic E-state index is 10.5. The normalized spacial score (nSPS) is 8.89. The second kappa shape index (κ2) is 2.26. The molecule has 0 atom stereocenters. The monoisotopic (exact) mass is 122 g/mol. The first-order valence-electron chi connectivity index (χ1n) is 2.50. The van der Waals surface area contributed by atoms with Crippen LogP contribution in [0.2, 0.25) is 0 Å². The summed E-state index contributed by atoms with van der Waals surface area (Å²) in [4.78, 5) is 10.5. The highest BCUT2D eigenvalue weighted by molar-refractivity contribution is 5.43. The zero-order valence-electron chi connectivity index (χ0n) is 4.79. The van der Waals surface area contributed by atoms with E-state index in [0.29, 0.717) is 0 Å². The lowest BCUT2D eigenvalue weighted by molar-refractivity contribution is 0.985. The van der Waals surface area contributed by atoms with E-state index in [-0.39, 0.29) is 5.56 Å². The quantitative estimate of drug-likeness (QED) is 0.586. The van der Waals surface area contributed by atoms with Gasteiger partial charge >= 0.3 is 0 Å². The lowest BCUT2D eigenvalue weighted by Crippen LogP contribution is -2.05. The summed E-state index contributed by atoms with van der Waals surface area (Å²) in [5.41, 5.74) is 0.533. The predicted molar refractivity (Wildman–Crippen MR) is 34.9 cm³/mol. The molecule has 46 valence electrons. The first-order valence-corrected chi connectivity index (χ1v) is 2.50. The predicted octanol–water partition coefficient (Wildman–Crippen LogP) is 0.413. The van der Waals surface area contributed by atoms with Crippen molar-refractivity contribution in [3.05, 3.63) is 34.8 Å². The van der Waals surface area contributed by atoms with E-state index < -0.39 is 0 Å². The molecule has 0 saturated heterocycles. The van der Waals surface area contributed by atoms with Crippen LogP contribution in [0.25, 0.3) is 6.08 Å². The number of nitrogens with zero attached hydrogens (tertiary/aromatic N) is 1. The van der Waals surface area contributed by atoms with Crippen molar-refractivity contribution in [2.75, 3.05) is 0 Å². The van der Waals surface area contributed by atoms with Crippen LogP contribution in [-0.4, -0.2) is 10.2 Å². The van der Waals surface area contributed by atoms with Gasteiger partial charge in [0.05, 0.1) is 6.20 Å². The average Bonchev–Trinajstić information content (AvgIpc) is 1.88. The molecule has 1 heterocycles. The number of aromatic nitrogens is 2. The summed E-state index contributed by atoms with van der Waals surface area (Å²) in [6.45, 7) is 3.48. The maximum Gasteiger partial charge on any atom is 0.264 e. The molecule has 0 saturated carbocycles. The van der Waals surface area contributed by atoms with Gasteiger partial charge in [0.2, 0.25) is 0 Å². The van der Waals surface area contributed by atoms with Gasteiger partial charge in [-0.2, -0.15) is 5.10 Å². The maximum atomic E-state index is 10.5. The molecular formula is C6H6N2O. The second-order valence-corrected chi connectivity index (χ2v) is 1.58. The van der Waals surface area contributed by atoms with Crippen molar-refractivity contribution in [2.45, 2.75) is 0 Å². The highest BCUT2D eigenvalue weighted by Gasteiger charge is 1.84. The van der Waals surface area contributed by atoms with Crippen molar-refractivity contribution in [2.24, 2.45) is 0 Å². The van der Waals surface area contributed by atoms with Crippen molar-refractivity contribution in [3.63, 3.8) is 0 Å². The van der Waals surface area contributed by atoms with E-state index >= 15 is 0 Å². The van der Waals surface area contributed by atoms with Gasteiger partial charge in [-0.25, -0.2) is 5.10 Å². The van der Waals surface area contributed by atoms with E-state index in [1.165, 1.54) is 12.3 Å². The molecule has 3 heteroatoms. The Labute approximate surface area is 52.0 Å². The minimum absolute atomic E-state index is 0.201. The van der Waals surface area contributed by atoms with Crippen LogP contribution >= 0.6 is 0 Å². The van der Waals surface area contributed by atoms with Gasteiger partial charge < -0.3 is 0 Å². The zero-order valence-corrected chi connectivity index (χ0v) is 4.79. The highest BCUT2D eigenvalue weighted by atomic mass is 16.1. The first kappa shape index (κ1) is 5.75. The SMILES string of the molecule is C=Cc1cn[nH]c(=O)c1. The highest BCUT2D eigenvalue weighted by Crippen LogP contribution is 1.89. The van der Waals surface area contributed by atoms with Crippen LogP contribution < -0.4 is 5.56 Å². The van der Waals surface area contributed by atoms with Gasteiger partial charge in [0.25, 0.3) is 5.56 Å². The van der Waals surface area contributed by atoms with Gasteiger partial charge in [-0.3, -0.25) is 4.79 Å². The standard InChI is InChI=1S/C6H6N2O/c1-2-5-3-6(9)8-7-4-5/h2-4H,1H2,(H,8,9). The lowest BCUT2D eigenvalue weighted by Gasteiger charge is -1.84. The van der Waals surface area contributed by atoms with Gasteiger partial charge in [0, 0.05) is 6.07 Å². The first-order chi connectivity index (χ1) is 4.33. The Morgan fingerprint density at radius 3 is 3.00 bits per heavy atom. The number of H-pyrrole nitrogens is 1. The molecule has 3 nitrogen and oxygen atoms in total. The molecule has 1 aromatic heterocycles. The van der Waals surface area contributed by atoms with E-state index in [1.807, 2.05) is 0 Å². The molecule has 1 N–H and O–H groups in total. The Morgan fingerprint density at radius 2 is 2.56 bits per heavy atom. The van der Waals surface area contributed by atoms with Gasteiger partial charge in [-0.1, -0.05) is 12.7 Å². The third kappa shape index (κ3) is 1.25. The van der Waals surface area contributed by atoms with E-state index in [1.54, 1.807) is 6.08 Å². The minimum Gasteiger partial charge on any atom is -0.268 e. The summed E-state index contributed by atoms with van der Waals surface area (Å²) in [7, 11) is 0. The molecule has 1 rings (SSSR count). The minimum atomic E-state index is -0.201. The fourth-order valence-corrected chi connectivity index (χ4v) is 0.503. The third-order valence-corrected chi connectivity index (χ3v) is 0.922. The van der Waals surface area contributed by atoms with Crippen LogP contribution in [0.4, 0.5) is 0 Å². The van der Waals surface area contributed by atoms with Crippen molar-refractivity contribution < 1.29 is 0 Å². The Bertz CT molecular complexity index is 264. The molecule has 0 aromatic carbocycles. The third-order valence-electron chi connectivity index (χ3n) is 0.922. The Kier molecular flexibility index (Phi) is 1.44. The van der Waals surface area contributed by atoms with E-state index in [9.17, 15) is 4.79 Å². The fourth-order valence-electron chi connectivity index (χ4n) is 0.503. The molecule has 0 spiro atoms. The number of hydrogen-bond acceptors (Lipinski definition) is 2. The largest absolute Gasteiger partial charge is 0.268 e. The van der Waals surface area contributed by atoms with Crippen LogP contribution in [0.1, 0.15) is 5.56 Å². The van der Waals surface area contributed by atoms with Gasteiger partial charge in [0.1, 0.15) is 0 Å². The van der Waals surface area contributed by atoms with Crippen LogP contribution in [0.15, 0.2) is 23.6 Å². The van der Waals surface area contributed by atoms with Crippen LogP contribution in [0.3, 0.4) is 0 Å². The Balaban J connectivity index is 3.23. The van der Waals surface area contributed by atoms with E-state index in [4.69, 9.17) is 0 Å². The number of nitrogens with one attached hydrogen (secondary N) is 1. The number of aromatic amines is 1. The topological polar surface area (TPSA) is 45.8 Å². The molecule has 0 fully saturated rings. The molecule has 0 bridgehead atoms. The summed E-state index contributed by atoms with van der Waals surface area (Å²) < 4.78 is 0. The number of hydrogen-bond donors (Lipinski definition) is 1. The smallest absolute Gasteiger partial charge is 0.264 e. The van der Waals surface area contributed by atoms with E-state index in [0.717, 1.165) is 5.56 Å². The Morgan fingerprint density at radius 1 is 1.78 bits per heavy atom. The van der Waals surface area contributed by atoms with Gasteiger partial charge in [-0.05, 0) is 5.56 Å². The summed E-state index contributed by atoms with van der Waals surface area (Å²) in [6.07, 6.45) is 3.11. The molecule has 0 aliphatic rings. The molecular weight excluding hydrogens is 116 g/mol. The van der Waals surface area contributed by atoms with Crippen molar-refractivity contribution in [3.8, 4) is 0 Å². The van der Waals surface area contributed by atoms with Crippen LogP contribution in [0.5, 0.6) is 0 Å². The van der Waals surface area contributed by atoms with E-state index in [2.05, 4.69) is 16.8 Å². The lowest BCUT2D eigenvalue weighted by atomic mass is 10.3. The molecule has 0 unspecified atom stereocenters. The Hall–Kier alpha value is -1.38. The van der Waals surface area contributed by atoms with Crippen LogP contribution in [0, 0.1) is 0 Å². The van der Waals surface area contributed by atoms with Gasteiger partial charge in [-0.15, -0.1) is 0 Å². The summed E-state index contributed by atoms with van der Waals surface area (Å²) in [5, 5.41) is 5.80. The van der Waals surface area contributed by atoms with Crippen LogP contribution in [-0.2, 0) is 0 Å². The van der Waals surface area contributed by atoms with Gasteiger partial charge in [0.15, 0.2) is 0 Å². The summed E-state index contributed by atoms with van der Waals surface area (Å²) in [5.74, 6) is 0. The molecule has 0 amide bonds. The van der Waals surface area contributed by atoms with Crippen molar-refractivity contribution >= 4 is 6.08 Å². The second-order valence-electron chi connectivity index (χ2n) is 1.58. The van der Waals surface area contributed by atoms with Crippen molar-refractivity contribution in [1.82, 2.24) is 10.2 Å². The summed E-state index contributed by atoms with van der Waals surface area (Å²) >= 11 is 0. The molecule has 0 radical (unpaired) electrons. The summed E-state index contributed by atoms with van der Waals surface area (Å²) in [6, 6.07) is 1.43. The van der Waals surface area contributed by atoms with Crippen molar-refractivity contribution in [1.29, 1.82) is 0 Å². The zero-order chi connectivity index (χ0) is 6.69. The average molecular weight is 122 g/mol.